The lowest BCUT2D eigenvalue weighted by atomic mass is 10.2. The average molecular weight is 123 g/mol. The van der Waals surface area contributed by atoms with Gasteiger partial charge in [-0.2, -0.15) is 0 Å². The van der Waals surface area contributed by atoms with Crippen LogP contribution in [0.2, 0.25) is 0 Å². The molecule has 0 rings (SSSR count). The molecule has 1 nitrogen and oxygen atoms in total. The highest BCUT2D eigenvalue weighted by Crippen LogP contribution is 1.93. The van der Waals surface area contributed by atoms with E-state index in [1.807, 2.05) is 32.1 Å². The number of allylic oxidation sites excluding steroid dienone is 4. The zero-order chi connectivity index (χ0) is 7.11. The highest BCUT2D eigenvalue weighted by atomic mass is 14.3. The van der Waals surface area contributed by atoms with E-state index in [0.29, 0.717) is 0 Å². The molecule has 1 N–H and O–H groups in total. The third-order valence-electron chi connectivity index (χ3n) is 1.09. The summed E-state index contributed by atoms with van der Waals surface area (Å²) in [5.41, 5.74) is 1.25. The second kappa shape index (κ2) is 5.29. The van der Waals surface area contributed by atoms with Crippen LogP contribution in [0.5, 0.6) is 0 Å². The van der Waals surface area contributed by atoms with Gasteiger partial charge in [0.25, 0.3) is 0 Å². The van der Waals surface area contributed by atoms with Gasteiger partial charge in [-0.1, -0.05) is 23.8 Å². The van der Waals surface area contributed by atoms with Gasteiger partial charge in [-0.15, -0.1) is 0 Å². The van der Waals surface area contributed by atoms with Gasteiger partial charge in [0.2, 0.25) is 0 Å². The highest BCUT2D eigenvalue weighted by Gasteiger charge is 1.74. The maximum Gasteiger partial charge on any atom is 0.000304 e. The van der Waals surface area contributed by atoms with E-state index in [1.165, 1.54) is 11.8 Å². The van der Waals surface area contributed by atoms with Crippen LogP contribution in [0.1, 0.15) is 20.3 Å². The van der Waals surface area contributed by atoms with Crippen molar-refractivity contribution in [1.29, 1.82) is 5.41 Å². The van der Waals surface area contributed by atoms with Gasteiger partial charge < -0.3 is 5.41 Å². The predicted octanol–water partition coefficient (Wildman–Crippen LogP) is 2.55. The van der Waals surface area contributed by atoms with Crippen molar-refractivity contribution in [3.8, 4) is 0 Å². The van der Waals surface area contributed by atoms with E-state index >= 15 is 0 Å². The minimum absolute atomic E-state index is 0.741. The fourth-order valence-corrected chi connectivity index (χ4v) is 0.418. The van der Waals surface area contributed by atoms with Crippen LogP contribution in [0.15, 0.2) is 23.8 Å². The zero-order valence-corrected chi connectivity index (χ0v) is 6.02. The lowest BCUT2D eigenvalue weighted by Gasteiger charge is -1.84. The summed E-state index contributed by atoms with van der Waals surface area (Å²) in [4.78, 5) is 0. The van der Waals surface area contributed by atoms with Crippen LogP contribution in [0.3, 0.4) is 0 Å². The van der Waals surface area contributed by atoms with E-state index in [-0.39, 0.29) is 0 Å². The standard InChI is InChI=1S/C8H13N/c1-3-8(2)6-4-5-7-9/h3-4,6-7,9H,5H2,1-2H3/b6-4-,8-3-,9-7?. The summed E-state index contributed by atoms with van der Waals surface area (Å²) in [6.07, 6.45) is 8.17. The Morgan fingerprint density at radius 2 is 2.22 bits per heavy atom. The third-order valence-corrected chi connectivity index (χ3v) is 1.09. The molecule has 50 valence electrons. The molecule has 0 fully saturated rings. The Bertz CT molecular complexity index is 132. The predicted molar refractivity (Wildman–Crippen MR) is 42.0 cm³/mol. The largest absolute Gasteiger partial charge is 0.313 e. The maximum absolute atomic E-state index is 6.71. The first-order chi connectivity index (χ1) is 4.31. The number of hydrogen-bond acceptors (Lipinski definition) is 1. The summed E-state index contributed by atoms with van der Waals surface area (Å²) in [7, 11) is 0. The quantitative estimate of drug-likeness (QED) is 0.440. The molecule has 0 aliphatic heterocycles. The topological polar surface area (TPSA) is 23.9 Å². The van der Waals surface area contributed by atoms with E-state index in [4.69, 9.17) is 5.41 Å². The molecule has 0 unspecified atom stereocenters. The van der Waals surface area contributed by atoms with E-state index < -0.39 is 0 Å². The highest BCUT2D eigenvalue weighted by molar-refractivity contribution is 5.55. The van der Waals surface area contributed by atoms with E-state index in [2.05, 4.69) is 0 Å². The SMILES string of the molecule is C/C=C(C)\C=C/CC=N. The van der Waals surface area contributed by atoms with E-state index in [1.54, 1.807) is 0 Å². The van der Waals surface area contributed by atoms with Gasteiger partial charge >= 0.3 is 0 Å². The molecular formula is C8H13N. The molecule has 0 aromatic rings. The van der Waals surface area contributed by atoms with Crippen molar-refractivity contribution in [2.45, 2.75) is 20.3 Å². The molecule has 0 heterocycles. The molecule has 0 saturated heterocycles. The first-order valence-corrected chi connectivity index (χ1v) is 3.09. The molecule has 0 atom stereocenters. The van der Waals surface area contributed by atoms with Gasteiger partial charge in [-0.3, -0.25) is 0 Å². The minimum Gasteiger partial charge on any atom is -0.313 e. The van der Waals surface area contributed by atoms with Gasteiger partial charge in [0.05, 0.1) is 0 Å². The van der Waals surface area contributed by atoms with Crippen LogP contribution >= 0.6 is 0 Å². The first-order valence-electron chi connectivity index (χ1n) is 3.09. The molecule has 0 saturated carbocycles. The Kier molecular flexibility index (Phi) is 4.79. The molecule has 0 aromatic carbocycles. The lowest BCUT2D eigenvalue weighted by Crippen LogP contribution is -1.67. The molecular weight excluding hydrogens is 110 g/mol. The van der Waals surface area contributed by atoms with Gasteiger partial charge in [0.15, 0.2) is 0 Å². The third kappa shape index (κ3) is 5.01. The van der Waals surface area contributed by atoms with E-state index in [0.717, 1.165) is 6.42 Å². The van der Waals surface area contributed by atoms with Crippen molar-refractivity contribution in [3.63, 3.8) is 0 Å². The van der Waals surface area contributed by atoms with Crippen LogP contribution in [0.4, 0.5) is 0 Å². The summed E-state index contributed by atoms with van der Waals surface area (Å²) >= 11 is 0. The average Bonchev–Trinajstić information content (AvgIpc) is 1.89. The van der Waals surface area contributed by atoms with Gasteiger partial charge in [-0.25, -0.2) is 0 Å². The van der Waals surface area contributed by atoms with Crippen molar-refractivity contribution < 1.29 is 0 Å². The smallest absolute Gasteiger partial charge is 0.000304 e. The number of rotatable bonds is 3. The lowest BCUT2D eigenvalue weighted by molar-refractivity contribution is 1.40. The molecule has 0 spiro atoms. The normalized spacial score (nSPS) is 12.4. The molecule has 1 heteroatoms. The number of nitrogens with one attached hydrogen (secondary N) is 1. The Hall–Kier alpha value is -0.850. The monoisotopic (exact) mass is 123 g/mol. The van der Waals surface area contributed by atoms with Crippen molar-refractivity contribution in [3.05, 3.63) is 23.8 Å². The molecule has 9 heavy (non-hydrogen) atoms. The van der Waals surface area contributed by atoms with Crippen molar-refractivity contribution in [1.82, 2.24) is 0 Å². The van der Waals surface area contributed by atoms with E-state index in [9.17, 15) is 0 Å². The first kappa shape index (κ1) is 8.15. The van der Waals surface area contributed by atoms with Crippen LogP contribution in [-0.2, 0) is 0 Å². The fourth-order valence-electron chi connectivity index (χ4n) is 0.418. The zero-order valence-electron chi connectivity index (χ0n) is 6.02. The fraction of sp³-hybridized carbons (Fsp3) is 0.375. The summed E-state index contributed by atoms with van der Waals surface area (Å²) < 4.78 is 0. The molecule has 0 amide bonds. The molecule has 0 radical (unpaired) electrons. The summed E-state index contributed by atoms with van der Waals surface area (Å²) in [6, 6.07) is 0. The Labute approximate surface area is 56.6 Å². The second-order valence-electron chi connectivity index (χ2n) is 1.87. The van der Waals surface area contributed by atoms with Gasteiger partial charge in [0.1, 0.15) is 0 Å². The van der Waals surface area contributed by atoms with Gasteiger partial charge in [-0.05, 0) is 20.1 Å². The summed E-state index contributed by atoms with van der Waals surface area (Å²) in [5, 5.41) is 6.71. The minimum atomic E-state index is 0.741. The van der Waals surface area contributed by atoms with Crippen molar-refractivity contribution in [2.24, 2.45) is 0 Å². The van der Waals surface area contributed by atoms with Crippen molar-refractivity contribution >= 4 is 6.21 Å². The van der Waals surface area contributed by atoms with Crippen LogP contribution in [-0.4, -0.2) is 6.21 Å². The molecule has 0 aliphatic rings. The Morgan fingerprint density at radius 3 is 2.67 bits per heavy atom. The second-order valence-corrected chi connectivity index (χ2v) is 1.87. The van der Waals surface area contributed by atoms with Crippen LogP contribution < -0.4 is 0 Å². The van der Waals surface area contributed by atoms with Crippen molar-refractivity contribution in [2.75, 3.05) is 0 Å². The van der Waals surface area contributed by atoms with Crippen LogP contribution in [0, 0.1) is 5.41 Å². The summed E-state index contributed by atoms with van der Waals surface area (Å²) in [5.74, 6) is 0. The molecule has 0 aromatic heterocycles. The summed E-state index contributed by atoms with van der Waals surface area (Å²) in [6.45, 7) is 4.05. The Balaban J connectivity index is 3.56. The molecule has 0 aliphatic carbocycles. The number of hydrogen-bond donors (Lipinski definition) is 1. The molecule has 0 bridgehead atoms. The Morgan fingerprint density at radius 1 is 1.56 bits per heavy atom. The van der Waals surface area contributed by atoms with Crippen LogP contribution in [0.25, 0.3) is 0 Å². The maximum atomic E-state index is 6.71. The van der Waals surface area contributed by atoms with Gasteiger partial charge in [0, 0.05) is 6.42 Å².